The zero-order valence-corrected chi connectivity index (χ0v) is 16.8. The lowest BCUT2D eigenvalue weighted by atomic mass is 9.99. The van der Waals surface area contributed by atoms with E-state index < -0.39 is 0 Å². The van der Waals surface area contributed by atoms with Crippen molar-refractivity contribution in [2.24, 2.45) is 17.3 Å². The van der Waals surface area contributed by atoms with Crippen LogP contribution >= 0.6 is 0 Å². The third kappa shape index (κ3) is 3.51. The molecule has 7 nitrogen and oxygen atoms in total. The van der Waals surface area contributed by atoms with Crippen molar-refractivity contribution in [2.45, 2.75) is 39.3 Å². The van der Waals surface area contributed by atoms with Crippen LogP contribution in [0.15, 0.2) is 24.3 Å². The highest BCUT2D eigenvalue weighted by Crippen LogP contribution is 2.60. The minimum absolute atomic E-state index is 0.0128. The number of carbonyl (C=O) groups is 2. The van der Waals surface area contributed by atoms with Gasteiger partial charge in [-0.05, 0) is 36.3 Å². The molecule has 2 heterocycles. The summed E-state index contributed by atoms with van der Waals surface area (Å²) in [6.45, 7) is 6.43. The van der Waals surface area contributed by atoms with Crippen LogP contribution < -0.4 is 10.6 Å². The summed E-state index contributed by atoms with van der Waals surface area (Å²) in [7, 11) is 1.69. The van der Waals surface area contributed by atoms with Crippen molar-refractivity contribution in [2.75, 3.05) is 20.1 Å². The minimum Gasteiger partial charge on any atom is -0.358 e. The Balaban J connectivity index is 1.38. The van der Waals surface area contributed by atoms with Gasteiger partial charge in [0.15, 0.2) is 0 Å². The highest BCUT2D eigenvalue weighted by molar-refractivity contribution is 5.85. The number of aromatic nitrogens is 2. The normalized spacial score (nSPS) is 26.9. The van der Waals surface area contributed by atoms with Gasteiger partial charge >= 0.3 is 0 Å². The fourth-order valence-electron chi connectivity index (χ4n) is 4.68. The zero-order valence-electron chi connectivity index (χ0n) is 16.8. The van der Waals surface area contributed by atoms with Gasteiger partial charge in [-0.3, -0.25) is 14.5 Å². The number of nitrogens with one attached hydrogen (secondary N) is 3. The molecular formula is C21H29N5O2. The van der Waals surface area contributed by atoms with Crippen LogP contribution in [-0.4, -0.2) is 52.9 Å². The van der Waals surface area contributed by atoms with E-state index in [4.69, 9.17) is 0 Å². The first-order valence-corrected chi connectivity index (χ1v) is 10.1. The Labute approximate surface area is 165 Å². The fourth-order valence-corrected chi connectivity index (χ4v) is 4.68. The van der Waals surface area contributed by atoms with Gasteiger partial charge in [0.25, 0.3) is 0 Å². The van der Waals surface area contributed by atoms with E-state index in [-0.39, 0.29) is 29.2 Å². The summed E-state index contributed by atoms with van der Waals surface area (Å²) in [5.41, 5.74) is 1.83. The Bertz CT molecular complexity index is 859. The molecule has 1 aliphatic heterocycles. The van der Waals surface area contributed by atoms with Crippen LogP contribution in [0.5, 0.6) is 0 Å². The van der Waals surface area contributed by atoms with E-state index in [1.54, 1.807) is 7.05 Å². The van der Waals surface area contributed by atoms with Crippen molar-refractivity contribution in [3.8, 4) is 0 Å². The number of H-pyrrole nitrogens is 1. The maximum atomic E-state index is 12.8. The Morgan fingerprint density at radius 2 is 2.07 bits per heavy atom. The van der Waals surface area contributed by atoms with Crippen LogP contribution in [0.4, 0.5) is 0 Å². The molecule has 28 heavy (non-hydrogen) atoms. The molecule has 0 radical (unpaired) electrons. The summed E-state index contributed by atoms with van der Waals surface area (Å²) in [6, 6.07) is 7.71. The van der Waals surface area contributed by atoms with Gasteiger partial charge in [0.1, 0.15) is 5.82 Å². The second-order valence-electron chi connectivity index (χ2n) is 8.69. The Morgan fingerprint density at radius 1 is 1.29 bits per heavy atom. The average molecular weight is 383 g/mol. The largest absolute Gasteiger partial charge is 0.358 e. The average Bonchev–Trinajstić information content (AvgIpc) is 3.03. The maximum Gasteiger partial charge on any atom is 0.237 e. The number of nitrogens with zero attached hydrogens (tertiary/aromatic N) is 2. The number of carbonyl (C=O) groups excluding carboxylic acids is 2. The van der Waals surface area contributed by atoms with Crippen molar-refractivity contribution in [1.29, 1.82) is 0 Å². The predicted molar refractivity (Wildman–Crippen MR) is 107 cm³/mol. The van der Waals surface area contributed by atoms with E-state index >= 15 is 0 Å². The summed E-state index contributed by atoms with van der Waals surface area (Å²) in [6.07, 6.45) is 1.63. The lowest BCUT2D eigenvalue weighted by Crippen LogP contribution is -2.43. The number of hydrogen-bond donors (Lipinski definition) is 3. The molecule has 2 aliphatic rings. The summed E-state index contributed by atoms with van der Waals surface area (Å²) < 4.78 is 0. The number of likely N-dealkylation sites (N-methyl/N-ethyl adjacent to an activating group) is 1. The molecule has 2 fully saturated rings. The second kappa shape index (κ2) is 7.20. The highest BCUT2D eigenvalue weighted by Gasteiger charge is 2.63. The van der Waals surface area contributed by atoms with Gasteiger partial charge in [-0.25, -0.2) is 4.98 Å². The zero-order chi connectivity index (χ0) is 19.9. The molecule has 1 spiro atoms. The van der Waals surface area contributed by atoms with Gasteiger partial charge in [-0.1, -0.05) is 26.0 Å². The highest BCUT2D eigenvalue weighted by atomic mass is 16.2. The number of imidazole rings is 1. The molecular weight excluding hydrogens is 354 g/mol. The smallest absolute Gasteiger partial charge is 0.237 e. The molecule has 4 rings (SSSR count). The number of hydrogen-bond acceptors (Lipinski definition) is 4. The van der Waals surface area contributed by atoms with Crippen molar-refractivity contribution in [3.63, 3.8) is 0 Å². The SMILES string of the molecule is CNC(=O)[C@@H]1C[C@@]2(C[C@@H]2C(=O)NCc2nc3ccccc3[nH]2)CN1CC(C)C. The van der Waals surface area contributed by atoms with Gasteiger partial charge in [0, 0.05) is 26.1 Å². The molecule has 2 amide bonds. The molecule has 7 heteroatoms. The van der Waals surface area contributed by atoms with E-state index in [0.29, 0.717) is 12.5 Å². The Hall–Kier alpha value is -2.41. The van der Waals surface area contributed by atoms with Crippen LogP contribution in [0.25, 0.3) is 11.0 Å². The lowest BCUT2D eigenvalue weighted by Gasteiger charge is -2.24. The lowest BCUT2D eigenvalue weighted by molar-refractivity contribution is -0.125. The van der Waals surface area contributed by atoms with E-state index in [0.717, 1.165) is 42.8 Å². The van der Waals surface area contributed by atoms with Gasteiger partial charge in [-0.2, -0.15) is 0 Å². The summed E-state index contributed by atoms with van der Waals surface area (Å²) >= 11 is 0. The third-order valence-corrected chi connectivity index (χ3v) is 6.08. The van der Waals surface area contributed by atoms with E-state index in [1.165, 1.54) is 0 Å². The molecule has 1 aromatic heterocycles. The number of rotatable bonds is 6. The van der Waals surface area contributed by atoms with E-state index in [2.05, 4.69) is 39.3 Å². The van der Waals surface area contributed by atoms with Crippen LogP contribution in [0, 0.1) is 17.3 Å². The molecule has 3 N–H and O–H groups in total. The number of amides is 2. The molecule has 2 aromatic rings. The molecule has 1 aromatic carbocycles. The minimum atomic E-state index is -0.124. The van der Waals surface area contributed by atoms with Crippen LogP contribution in [-0.2, 0) is 16.1 Å². The number of aromatic amines is 1. The number of likely N-dealkylation sites (tertiary alicyclic amines) is 1. The van der Waals surface area contributed by atoms with E-state index in [1.807, 2.05) is 24.3 Å². The van der Waals surface area contributed by atoms with Crippen molar-refractivity contribution >= 4 is 22.8 Å². The number of benzene rings is 1. The van der Waals surface area contributed by atoms with Gasteiger partial charge in [-0.15, -0.1) is 0 Å². The molecule has 1 saturated heterocycles. The quantitative estimate of drug-likeness (QED) is 0.708. The van der Waals surface area contributed by atoms with Crippen molar-refractivity contribution in [3.05, 3.63) is 30.1 Å². The molecule has 0 bridgehead atoms. The van der Waals surface area contributed by atoms with Crippen LogP contribution in [0.1, 0.15) is 32.5 Å². The van der Waals surface area contributed by atoms with Gasteiger partial charge < -0.3 is 15.6 Å². The first-order valence-electron chi connectivity index (χ1n) is 10.1. The second-order valence-corrected chi connectivity index (χ2v) is 8.69. The van der Waals surface area contributed by atoms with Crippen LogP contribution in [0.2, 0.25) is 0 Å². The summed E-state index contributed by atoms with van der Waals surface area (Å²) in [5.74, 6) is 1.37. The van der Waals surface area contributed by atoms with E-state index in [9.17, 15) is 9.59 Å². The molecule has 3 atom stereocenters. The number of para-hydroxylation sites is 2. The monoisotopic (exact) mass is 383 g/mol. The fraction of sp³-hybridized carbons (Fsp3) is 0.571. The standard InChI is InChI=1S/C21H29N5O2/c1-13(2)11-26-12-21(9-17(26)20(28)22-3)8-14(21)19(27)23-10-18-24-15-6-4-5-7-16(15)25-18/h4-7,13-14,17H,8-12H2,1-3H3,(H,22,28)(H,23,27)(H,24,25)/t14-,17+,21+/m1/s1. The Kier molecular flexibility index (Phi) is 4.87. The predicted octanol–water partition coefficient (Wildman–Crippen LogP) is 1.66. The van der Waals surface area contributed by atoms with Gasteiger partial charge in [0.05, 0.1) is 23.6 Å². The van der Waals surface area contributed by atoms with Crippen LogP contribution in [0.3, 0.4) is 0 Å². The topological polar surface area (TPSA) is 90.1 Å². The third-order valence-electron chi connectivity index (χ3n) is 6.08. The molecule has 150 valence electrons. The van der Waals surface area contributed by atoms with Gasteiger partial charge in [0.2, 0.25) is 11.8 Å². The first-order chi connectivity index (χ1) is 13.4. The summed E-state index contributed by atoms with van der Waals surface area (Å²) in [4.78, 5) is 35.1. The first kappa shape index (κ1) is 18.9. The van der Waals surface area contributed by atoms with Crippen molar-refractivity contribution < 1.29 is 9.59 Å². The maximum absolute atomic E-state index is 12.8. The summed E-state index contributed by atoms with van der Waals surface area (Å²) in [5, 5.41) is 5.82. The number of fused-ring (bicyclic) bond motifs is 1. The molecule has 1 aliphatic carbocycles. The molecule has 1 saturated carbocycles. The van der Waals surface area contributed by atoms with Crippen molar-refractivity contribution in [1.82, 2.24) is 25.5 Å². The Morgan fingerprint density at radius 3 is 2.79 bits per heavy atom. The molecule has 0 unspecified atom stereocenters.